The predicted molar refractivity (Wildman–Crippen MR) is 53.1 cm³/mol. The van der Waals surface area contributed by atoms with Crippen molar-refractivity contribution in [1.29, 1.82) is 0 Å². The molecule has 0 aromatic carbocycles. The van der Waals surface area contributed by atoms with Crippen molar-refractivity contribution >= 4 is 0 Å². The first-order valence-corrected chi connectivity index (χ1v) is 4.63. The van der Waals surface area contributed by atoms with E-state index in [9.17, 15) is 9.90 Å². The van der Waals surface area contributed by atoms with Crippen LogP contribution < -0.4 is 11.3 Å². The minimum atomic E-state index is -0.385. The molecule has 0 aliphatic heterocycles. The molecular weight excluding hydrogens is 182 g/mol. The molecule has 0 bridgehead atoms. The number of aromatic amines is 1. The normalized spacial score (nSPS) is 12.8. The molecule has 0 saturated carbocycles. The van der Waals surface area contributed by atoms with E-state index in [0.717, 1.165) is 6.42 Å². The van der Waals surface area contributed by atoms with Crippen LogP contribution in [0.25, 0.3) is 0 Å². The molecular formula is C9H15N3O2. The average Bonchev–Trinajstić information content (AvgIpc) is 2.10. The van der Waals surface area contributed by atoms with Crippen LogP contribution in [-0.2, 0) is 6.42 Å². The third-order valence-corrected chi connectivity index (χ3v) is 1.94. The second-order valence-corrected chi connectivity index (χ2v) is 3.29. The van der Waals surface area contributed by atoms with Gasteiger partial charge in [0.2, 0.25) is 5.88 Å². The Bertz CT molecular complexity index is 371. The van der Waals surface area contributed by atoms with E-state index in [4.69, 9.17) is 5.73 Å². The monoisotopic (exact) mass is 197 g/mol. The van der Waals surface area contributed by atoms with Gasteiger partial charge in [-0.3, -0.25) is 4.79 Å². The Morgan fingerprint density at radius 2 is 2.29 bits per heavy atom. The molecule has 1 heterocycles. The molecule has 0 saturated heterocycles. The van der Waals surface area contributed by atoms with Gasteiger partial charge in [-0.15, -0.1) is 0 Å². The molecule has 0 radical (unpaired) electrons. The Morgan fingerprint density at radius 3 is 2.71 bits per heavy atom. The van der Waals surface area contributed by atoms with Crippen molar-refractivity contribution < 1.29 is 5.11 Å². The van der Waals surface area contributed by atoms with E-state index in [1.54, 1.807) is 6.92 Å². The predicted octanol–water partition coefficient (Wildman–Crippen LogP) is 0.448. The van der Waals surface area contributed by atoms with Crippen LogP contribution in [0.1, 0.15) is 37.7 Å². The molecule has 5 nitrogen and oxygen atoms in total. The molecule has 78 valence electrons. The van der Waals surface area contributed by atoms with Gasteiger partial charge in [-0.25, -0.2) is 0 Å². The fraction of sp³-hybridized carbons (Fsp3) is 0.556. The van der Waals surface area contributed by atoms with Crippen molar-refractivity contribution in [3.63, 3.8) is 0 Å². The zero-order chi connectivity index (χ0) is 10.7. The first kappa shape index (κ1) is 10.7. The molecule has 1 atom stereocenters. The fourth-order valence-corrected chi connectivity index (χ4v) is 1.19. The third-order valence-electron chi connectivity index (χ3n) is 1.94. The Morgan fingerprint density at radius 1 is 1.64 bits per heavy atom. The molecule has 0 spiro atoms. The highest BCUT2D eigenvalue weighted by Gasteiger charge is 2.11. The molecule has 1 rings (SSSR count). The van der Waals surface area contributed by atoms with Gasteiger partial charge < -0.3 is 15.8 Å². The minimum Gasteiger partial charge on any atom is -0.493 e. The quantitative estimate of drug-likeness (QED) is 0.656. The lowest BCUT2D eigenvalue weighted by molar-refractivity contribution is 0.436. The Hall–Kier alpha value is -1.36. The Balaban J connectivity index is 3.18. The zero-order valence-corrected chi connectivity index (χ0v) is 8.37. The van der Waals surface area contributed by atoms with E-state index >= 15 is 0 Å². The van der Waals surface area contributed by atoms with Gasteiger partial charge in [-0.05, 0) is 13.3 Å². The molecule has 4 N–H and O–H groups in total. The minimum absolute atomic E-state index is 0.206. The second-order valence-electron chi connectivity index (χ2n) is 3.29. The maximum Gasteiger partial charge on any atom is 0.257 e. The molecule has 0 amide bonds. The van der Waals surface area contributed by atoms with Crippen LogP contribution in [0.15, 0.2) is 4.79 Å². The lowest BCUT2D eigenvalue weighted by atomic mass is 10.2. The lowest BCUT2D eigenvalue weighted by Crippen LogP contribution is -2.20. The first-order valence-electron chi connectivity index (χ1n) is 4.63. The average molecular weight is 197 g/mol. The molecule has 0 aliphatic rings. The standard InChI is InChI=1S/C9H15N3O2/c1-3-4-6-8(13)11-7(5(2)10)12-9(6)14/h5H,3-4,10H2,1-2H3,(H2,11,12,13,14). The molecule has 0 aliphatic carbocycles. The summed E-state index contributed by atoms with van der Waals surface area (Å²) in [6, 6.07) is -0.385. The van der Waals surface area contributed by atoms with Gasteiger partial charge in [-0.1, -0.05) is 13.3 Å². The molecule has 5 heteroatoms. The van der Waals surface area contributed by atoms with Crippen LogP contribution in [0.2, 0.25) is 0 Å². The summed E-state index contributed by atoms with van der Waals surface area (Å²) in [5.41, 5.74) is 5.56. The van der Waals surface area contributed by atoms with Gasteiger partial charge in [0.05, 0.1) is 11.6 Å². The molecule has 1 aromatic heterocycles. The maximum atomic E-state index is 11.4. The number of aromatic nitrogens is 2. The van der Waals surface area contributed by atoms with Crippen LogP contribution in [0.3, 0.4) is 0 Å². The summed E-state index contributed by atoms with van der Waals surface area (Å²) in [6.07, 6.45) is 1.31. The number of rotatable bonds is 3. The number of nitrogens with two attached hydrogens (primary N) is 1. The number of nitrogens with zero attached hydrogens (tertiary/aromatic N) is 1. The second kappa shape index (κ2) is 4.23. The Labute approximate surface area is 82.0 Å². The number of aromatic hydroxyl groups is 1. The summed E-state index contributed by atoms with van der Waals surface area (Å²) in [5, 5.41) is 9.47. The summed E-state index contributed by atoms with van der Waals surface area (Å²) in [4.78, 5) is 17.8. The molecule has 14 heavy (non-hydrogen) atoms. The van der Waals surface area contributed by atoms with Crippen LogP contribution in [0, 0.1) is 0 Å². The summed E-state index contributed by atoms with van der Waals surface area (Å²) in [7, 11) is 0. The van der Waals surface area contributed by atoms with E-state index in [2.05, 4.69) is 9.97 Å². The van der Waals surface area contributed by atoms with Gasteiger partial charge in [-0.2, -0.15) is 4.98 Å². The molecule has 1 aromatic rings. The highest BCUT2D eigenvalue weighted by atomic mass is 16.3. The number of hydrogen-bond donors (Lipinski definition) is 3. The maximum absolute atomic E-state index is 11.4. The lowest BCUT2D eigenvalue weighted by Gasteiger charge is -2.07. The van der Waals surface area contributed by atoms with Crippen molar-refractivity contribution in [3.8, 4) is 5.88 Å². The highest BCUT2D eigenvalue weighted by Crippen LogP contribution is 2.12. The van der Waals surface area contributed by atoms with Crippen LogP contribution in [-0.4, -0.2) is 15.1 Å². The Kier molecular flexibility index (Phi) is 3.24. The smallest absolute Gasteiger partial charge is 0.257 e. The number of nitrogens with one attached hydrogen (secondary N) is 1. The summed E-state index contributed by atoms with van der Waals surface area (Å²) >= 11 is 0. The van der Waals surface area contributed by atoms with Crippen LogP contribution in [0.4, 0.5) is 0 Å². The SMILES string of the molecule is CCCc1c(O)nc(C(C)N)[nH]c1=O. The van der Waals surface area contributed by atoms with Gasteiger partial charge in [0, 0.05) is 0 Å². The fourth-order valence-electron chi connectivity index (χ4n) is 1.19. The van der Waals surface area contributed by atoms with E-state index in [1.807, 2.05) is 6.92 Å². The summed E-state index contributed by atoms with van der Waals surface area (Å²) in [5.74, 6) is 0.107. The number of hydrogen-bond acceptors (Lipinski definition) is 4. The van der Waals surface area contributed by atoms with Gasteiger partial charge in [0.1, 0.15) is 5.82 Å². The highest BCUT2D eigenvalue weighted by molar-refractivity contribution is 5.23. The van der Waals surface area contributed by atoms with Crippen LogP contribution in [0.5, 0.6) is 5.88 Å². The topological polar surface area (TPSA) is 92.0 Å². The van der Waals surface area contributed by atoms with E-state index in [1.165, 1.54) is 0 Å². The van der Waals surface area contributed by atoms with Crippen LogP contribution >= 0.6 is 0 Å². The largest absolute Gasteiger partial charge is 0.493 e. The van der Waals surface area contributed by atoms with E-state index in [-0.39, 0.29) is 17.5 Å². The van der Waals surface area contributed by atoms with Gasteiger partial charge in [0.15, 0.2) is 0 Å². The first-order chi connectivity index (χ1) is 6.56. The molecule has 1 unspecified atom stereocenters. The molecule has 0 fully saturated rings. The van der Waals surface area contributed by atoms with Crippen molar-refractivity contribution in [3.05, 3.63) is 21.7 Å². The van der Waals surface area contributed by atoms with Crippen molar-refractivity contribution in [2.75, 3.05) is 0 Å². The third kappa shape index (κ3) is 2.11. The van der Waals surface area contributed by atoms with Gasteiger partial charge in [0.25, 0.3) is 5.56 Å². The van der Waals surface area contributed by atoms with E-state index in [0.29, 0.717) is 17.8 Å². The zero-order valence-electron chi connectivity index (χ0n) is 8.37. The summed E-state index contributed by atoms with van der Waals surface area (Å²) in [6.45, 7) is 3.62. The number of H-pyrrole nitrogens is 1. The van der Waals surface area contributed by atoms with Crippen molar-refractivity contribution in [2.45, 2.75) is 32.7 Å². The summed E-state index contributed by atoms with van der Waals surface area (Å²) < 4.78 is 0. The van der Waals surface area contributed by atoms with E-state index < -0.39 is 0 Å². The van der Waals surface area contributed by atoms with Crippen molar-refractivity contribution in [1.82, 2.24) is 9.97 Å². The van der Waals surface area contributed by atoms with Crippen molar-refractivity contribution in [2.24, 2.45) is 5.73 Å². The van der Waals surface area contributed by atoms with Gasteiger partial charge >= 0.3 is 0 Å².